The number of hydrogen-bond donors (Lipinski definition) is 2. The lowest BCUT2D eigenvalue weighted by Gasteiger charge is -2.35. The molecule has 0 aliphatic heterocycles. The molecule has 0 radical (unpaired) electrons. The molecule has 0 aromatic heterocycles. The van der Waals surface area contributed by atoms with Crippen LogP contribution in [0, 0.1) is 6.92 Å². The van der Waals surface area contributed by atoms with Crippen molar-refractivity contribution in [2.24, 2.45) is 0 Å². The molecule has 0 heterocycles. The molecule has 1 aromatic rings. The summed E-state index contributed by atoms with van der Waals surface area (Å²) in [6.45, 7) is 2.96. The molecule has 0 saturated heterocycles. The lowest BCUT2D eigenvalue weighted by atomic mass is 9.76. The quantitative estimate of drug-likeness (QED) is 0.816. The van der Waals surface area contributed by atoms with Crippen LogP contribution in [-0.4, -0.2) is 18.7 Å². The van der Waals surface area contributed by atoms with Gasteiger partial charge in [-0.05, 0) is 57.3 Å². The maximum absolute atomic E-state index is 10.7. The van der Waals surface area contributed by atoms with E-state index in [1.807, 2.05) is 7.05 Å². The summed E-state index contributed by atoms with van der Waals surface area (Å²) in [6.07, 6.45) is 3.90. The topological polar surface area (TPSA) is 32.3 Å². The van der Waals surface area contributed by atoms with Crippen LogP contribution in [-0.2, 0) is 12.0 Å². The van der Waals surface area contributed by atoms with E-state index in [4.69, 9.17) is 0 Å². The Balaban J connectivity index is 2.33. The van der Waals surface area contributed by atoms with Crippen LogP contribution in [0.2, 0.25) is 0 Å². The van der Waals surface area contributed by atoms with E-state index in [-0.39, 0.29) is 0 Å². The Morgan fingerprint density at radius 2 is 2.25 bits per heavy atom. The van der Waals surface area contributed by atoms with E-state index in [1.54, 1.807) is 0 Å². The maximum Gasteiger partial charge on any atom is 0.0911 e. The van der Waals surface area contributed by atoms with Gasteiger partial charge in [0.15, 0.2) is 0 Å². The van der Waals surface area contributed by atoms with Crippen molar-refractivity contribution in [3.05, 3.63) is 34.9 Å². The lowest BCUT2D eigenvalue weighted by Crippen LogP contribution is -2.33. The molecule has 2 nitrogen and oxygen atoms in total. The molecule has 0 fully saturated rings. The first-order chi connectivity index (χ1) is 7.65. The molecule has 1 aliphatic carbocycles. The van der Waals surface area contributed by atoms with Crippen molar-refractivity contribution >= 4 is 0 Å². The van der Waals surface area contributed by atoms with E-state index < -0.39 is 5.60 Å². The fourth-order valence-electron chi connectivity index (χ4n) is 2.64. The van der Waals surface area contributed by atoms with Gasteiger partial charge in [-0.2, -0.15) is 0 Å². The van der Waals surface area contributed by atoms with Gasteiger partial charge < -0.3 is 10.4 Å². The predicted octanol–water partition coefficient (Wildman–Crippen LogP) is 2.13. The number of aliphatic hydroxyl groups is 1. The van der Waals surface area contributed by atoms with Gasteiger partial charge >= 0.3 is 0 Å². The third kappa shape index (κ3) is 2.13. The average Bonchev–Trinajstić information content (AvgIpc) is 2.28. The highest BCUT2D eigenvalue weighted by molar-refractivity contribution is 5.37. The third-order valence-electron chi connectivity index (χ3n) is 3.59. The van der Waals surface area contributed by atoms with Crippen LogP contribution in [0.5, 0.6) is 0 Å². The second-order valence-corrected chi connectivity index (χ2v) is 4.90. The molecule has 1 aliphatic rings. The normalized spacial score (nSPS) is 24.2. The van der Waals surface area contributed by atoms with Crippen LogP contribution >= 0.6 is 0 Å². The van der Waals surface area contributed by atoms with Crippen molar-refractivity contribution < 1.29 is 5.11 Å². The first-order valence-corrected chi connectivity index (χ1v) is 6.13. The Hall–Kier alpha value is -0.860. The summed E-state index contributed by atoms with van der Waals surface area (Å²) in [4.78, 5) is 0. The van der Waals surface area contributed by atoms with Gasteiger partial charge in [0.2, 0.25) is 0 Å². The molecular formula is C14H21NO. The first-order valence-electron chi connectivity index (χ1n) is 6.13. The number of rotatable bonds is 3. The van der Waals surface area contributed by atoms with Gasteiger partial charge in [0, 0.05) is 0 Å². The molecule has 1 atom stereocenters. The fourth-order valence-corrected chi connectivity index (χ4v) is 2.64. The summed E-state index contributed by atoms with van der Waals surface area (Å²) in [7, 11) is 1.93. The summed E-state index contributed by atoms with van der Waals surface area (Å²) in [6, 6.07) is 6.47. The van der Waals surface area contributed by atoms with Crippen molar-refractivity contribution in [3.63, 3.8) is 0 Å². The van der Waals surface area contributed by atoms with Gasteiger partial charge in [0.1, 0.15) is 0 Å². The van der Waals surface area contributed by atoms with E-state index in [9.17, 15) is 5.11 Å². The second-order valence-electron chi connectivity index (χ2n) is 4.90. The van der Waals surface area contributed by atoms with Crippen LogP contribution in [0.1, 0.15) is 36.0 Å². The van der Waals surface area contributed by atoms with E-state index in [2.05, 4.69) is 30.4 Å². The van der Waals surface area contributed by atoms with Crippen molar-refractivity contribution in [1.82, 2.24) is 5.32 Å². The minimum absolute atomic E-state index is 0.609. The van der Waals surface area contributed by atoms with E-state index in [1.165, 1.54) is 11.1 Å². The van der Waals surface area contributed by atoms with Gasteiger partial charge in [-0.1, -0.05) is 23.8 Å². The number of nitrogens with one attached hydrogen (secondary N) is 1. The van der Waals surface area contributed by atoms with Crippen molar-refractivity contribution in [1.29, 1.82) is 0 Å². The number of aryl methyl sites for hydroxylation is 2. The molecule has 0 bridgehead atoms. The third-order valence-corrected chi connectivity index (χ3v) is 3.59. The maximum atomic E-state index is 10.7. The van der Waals surface area contributed by atoms with Crippen LogP contribution in [0.25, 0.3) is 0 Å². The van der Waals surface area contributed by atoms with Crippen LogP contribution in [0.3, 0.4) is 0 Å². The summed E-state index contributed by atoms with van der Waals surface area (Å²) in [5.74, 6) is 0. The zero-order valence-electron chi connectivity index (χ0n) is 10.2. The summed E-state index contributed by atoms with van der Waals surface area (Å²) < 4.78 is 0. The van der Waals surface area contributed by atoms with Crippen LogP contribution in [0.15, 0.2) is 18.2 Å². The molecule has 1 aromatic carbocycles. The van der Waals surface area contributed by atoms with Gasteiger partial charge in [-0.15, -0.1) is 0 Å². The highest BCUT2D eigenvalue weighted by atomic mass is 16.3. The van der Waals surface area contributed by atoms with Gasteiger partial charge in [0.25, 0.3) is 0 Å². The Morgan fingerprint density at radius 3 is 3.00 bits per heavy atom. The highest BCUT2D eigenvalue weighted by Gasteiger charge is 2.33. The molecule has 2 N–H and O–H groups in total. The predicted molar refractivity (Wildman–Crippen MR) is 66.6 cm³/mol. The van der Waals surface area contributed by atoms with Crippen LogP contribution in [0.4, 0.5) is 0 Å². The highest BCUT2D eigenvalue weighted by Crippen LogP contribution is 2.37. The monoisotopic (exact) mass is 219 g/mol. The molecule has 0 spiro atoms. The summed E-state index contributed by atoms with van der Waals surface area (Å²) >= 11 is 0. The molecule has 2 rings (SSSR count). The minimum Gasteiger partial charge on any atom is -0.385 e. The Morgan fingerprint density at radius 1 is 1.44 bits per heavy atom. The number of hydrogen-bond acceptors (Lipinski definition) is 2. The van der Waals surface area contributed by atoms with Gasteiger partial charge in [-0.25, -0.2) is 0 Å². The minimum atomic E-state index is -0.609. The Bertz CT molecular complexity index is 375. The van der Waals surface area contributed by atoms with E-state index in [0.717, 1.165) is 37.8 Å². The van der Waals surface area contributed by atoms with Crippen molar-refractivity contribution in [3.8, 4) is 0 Å². The molecule has 0 amide bonds. The van der Waals surface area contributed by atoms with Crippen molar-refractivity contribution in [2.75, 3.05) is 13.6 Å². The first kappa shape index (κ1) is 11.6. The Kier molecular flexibility index (Phi) is 3.31. The molecule has 0 saturated carbocycles. The zero-order valence-corrected chi connectivity index (χ0v) is 10.2. The van der Waals surface area contributed by atoms with Gasteiger partial charge in [-0.3, -0.25) is 0 Å². The smallest absolute Gasteiger partial charge is 0.0911 e. The average molecular weight is 219 g/mol. The Labute approximate surface area is 97.7 Å². The lowest BCUT2D eigenvalue weighted by molar-refractivity contribution is 0.0108. The molecule has 1 unspecified atom stereocenters. The number of benzene rings is 1. The summed E-state index contributed by atoms with van der Waals surface area (Å²) in [5.41, 5.74) is 3.12. The standard InChI is InChI=1S/C14H21NO/c1-11-5-6-12-4-3-7-14(16,8-9-15-2)13(12)10-11/h5-6,10,15-16H,3-4,7-9H2,1-2H3. The zero-order chi connectivity index (χ0) is 11.6. The van der Waals surface area contributed by atoms with Gasteiger partial charge in [0.05, 0.1) is 5.60 Å². The van der Waals surface area contributed by atoms with Crippen LogP contribution < -0.4 is 5.32 Å². The molecule has 88 valence electrons. The SMILES string of the molecule is CNCCC1(O)CCCc2ccc(C)cc21. The van der Waals surface area contributed by atoms with Crippen molar-refractivity contribution in [2.45, 2.75) is 38.2 Å². The largest absolute Gasteiger partial charge is 0.385 e. The molecule has 2 heteroatoms. The van der Waals surface area contributed by atoms with E-state index in [0.29, 0.717) is 0 Å². The van der Waals surface area contributed by atoms with E-state index >= 15 is 0 Å². The number of fused-ring (bicyclic) bond motifs is 1. The molecular weight excluding hydrogens is 198 g/mol. The second kappa shape index (κ2) is 4.56. The molecule has 16 heavy (non-hydrogen) atoms. The fraction of sp³-hybridized carbons (Fsp3) is 0.571. The summed E-state index contributed by atoms with van der Waals surface area (Å²) in [5, 5.41) is 13.9.